The van der Waals surface area contributed by atoms with E-state index in [0.717, 1.165) is 35.5 Å². The molecule has 0 aromatic heterocycles. The molecule has 2 unspecified atom stereocenters. The number of hydrogen-bond donors (Lipinski definition) is 3. The topological polar surface area (TPSA) is 289 Å². The van der Waals surface area contributed by atoms with Crippen LogP contribution in [0, 0.1) is 35.5 Å². The third-order valence-electron chi connectivity index (χ3n) is 24.5. The minimum absolute atomic E-state index is 0.000885. The lowest BCUT2D eigenvalue weighted by atomic mass is 9.74. The first-order chi connectivity index (χ1) is 51.0. The Balaban J connectivity index is 1.21. The monoisotopic (exact) mass is 1530 g/mol. The van der Waals surface area contributed by atoms with E-state index in [-0.39, 0.29) is 95.9 Å². The molecular formula is C77H121F5N12O14. The van der Waals surface area contributed by atoms with Crippen molar-refractivity contribution in [2.75, 3.05) is 89.2 Å². The number of halogens is 5. The molecule has 4 saturated carbocycles. The predicted octanol–water partition coefficient (Wildman–Crippen LogP) is 5.72. The van der Waals surface area contributed by atoms with Gasteiger partial charge in [-0.15, -0.1) is 0 Å². The van der Waals surface area contributed by atoms with E-state index in [1.807, 2.05) is 26.8 Å². The number of amides is 12. The van der Waals surface area contributed by atoms with E-state index in [1.54, 1.807) is 13.0 Å². The van der Waals surface area contributed by atoms with Gasteiger partial charge in [0.25, 0.3) is 0 Å². The number of carbonyl (C=O) groups is 12. The standard InChI is InChI=1S/C77H121F5N12O14/c1-14-22-56-66(97)84-55(35-45(3)4)69(100)94-42-50(107-13)39-61(94)72(103)89(10)57-25-17-16-20-34-92(73(57)104)60(38-47-28-26-46(5)27-29-47)71(102)87(8)44-62(95)83-54(31-30-48-36-52(78)64(53(79)37-48)77(80,81)82)68(99)93-43-51(108-15-2)40-58(93)67(98)85-76(32-21-33-76)75(106)91(12)65(49-23-18-19-24-49)74(105)90(11)59(70(101)86(6)7)41-63(96)88(56)9/h16-17,45-61,64-65H,14-15,18-44H2,1-13H3,(H,83,95)(H,84,97)(H,85,98)/b17-16-/t46?,47?,48?,50-,51+,52?,53?,54-,55-,56-,57-,58-,59-,60-,61-,64?,65-/m0/s1. The summed E-state index contributed by atoms with van der Waals surface area (Å²) in [6.45, 7) is 8.46. The van der Waals surface area contributed by atoms with Gasteiger partial charge in [-0.3, -0.25) is 57.5 Å². The fraction of sp³-hybridized carbons (Fsp3) is 0.818. The highest BCUT2D eigenvalue weighted by Crippen LogP contribution is 2.45. The maximum absolute atomic E-state index is 15.7. The quantitative estimate of drug-likeness (QED) is 0.139. The van der Waals surface area contributed by atoms with Gasteiger partial charge in [-0.2, -0.15) is 13.2 Å². The van der Waals surface area contributed by atoms with Crippen LogP contribution in [-0.2, 0) is 67.0 Å². The molecule has 0 aromatic rings. The molecule has 608 valence electrons. The molecule has 0 radical (unpaired) electrons. The van der Waals surface area contributed by atoms with Crippen molar-refractivity contribution in [3.8, 4) is 0 Å². The van der Waals surface area contributed by atoms with Gasteiger partial charge in [-0.25, -0.2) is 8.78 Å². The van der Waals surface area contributed by atoms with Gasteiger partial charge in [-0.05, 0) is 126 Å². The molecule has 4 aliphatic heterocycles. The largest absolute Gasteiger partial charge is 0.397 e. The Morgan fingerprint density at radius 1 is 0.648 bits per heavy atom. The summed E-state index contributed by atoms with van der Waals surface area (Å²) in [4.78, 5) is 195. The van der Waals surface area contributed by atoms with Gasteiger partial charge in [0.15, 0.2) is 0 Å². The molecular weight excluding hydrogens is 1410 g/mol. The van der Waals surface area contributed by atoms with Crippen LogP contribution in [0.4, 0.5) is 22.0 Å². The van der Waals surface area contributed by atoms with Crippen molar-refractivity contribution in [1.29, 1.82) is 0 Å². The molecule has 26 nitrogen and oxygen atoms in total. The minimum Gasteiger partial charge on any atom is -0.380 e. The van der Waals surface area contributed by atoms with Crippen LogP contribution in [0.5, 0.6) is 0 Å². The van der Waals surface area contributed by atoms with Gasteiger partial charge in [0.2, 0.25) is 70.9 Å². The molecule has 108 heavy (non-hydrogen) atoms. The number of nitrogens with zero attached hydrogens (tertiary/aromatic N) is 9. The van der Waals surface area contributed by atoms with E-state index in [4.69, 9.17) is 9.47 Å². The van der Waals surface area contributed by atoms with Crippen LogP contribution in [0.1, 0.15) is 189 Å². The molecule has 13 atom stereocenters. The van der Waals surface area contributed by atoms with Crippen molar-refractivity contribution < 1.29 is 89.0 Å². The Kier molecular flexibility index (Phi) is 30.3. The number of alkyl halides is 5. The molecule has 1 spiro atoms. The van der Waals surface area contributed by atoms with Gasteiger partial charge in [0, 0.05) is 95.5 Å². The van der Waals surface area contributed by atoms with E-state index < -0.39 is 212 Å². The fourth-order valence-corrected chi connectivity index (χ4v) is 18.0. The summed E-state index contributed by atoms with van der Waals surface area (Å²) in [5.41, 5.74) is -1.65. The zero-order valence-corrected chi connectivity index (χ0v) is 65.8. The lowest BCUT2D eigenvalue weighted by molar-refractivity contribution is -0.219. The fourth-order valence-electron chi connectivity index (χ4n) is 18.0. The van der Waals surface area contributed by atoms with Crippen molar-refractivity contribution in [1.82, 2.24) is 60.0 Å². The summed E-state index contributed by atoms with van der Waals surface area (Å²) in [6.07, 6.45) is -3.85. The maximum atomic E-state index is 15.7. The number of hydrogen-bond acceptors (Lipinski definition) is 14. The SMILES string of the molecule is CCC[C@H]1C(=O)N[C@@H](CC(C)C)C(=O)N2C[C@@H](OC)C[C@H]2C(=O)N(C)[C@H]2C/C=C\CCN(C2=O)[C@@H](CC2CCC(C)CC2)C(=O)N(C)CC(=O)N[C@@H](CCC2CC(F)C(C(F)(F)F)C(F)C2)C(=O)N2C[C@H](OCC)C[C@H]2C(=O)NC2(CCC2)C(=O)N(C)[C@@H](C2CCCC2)C(=O)N(C)[C@H](C(=O)N(C)C)CC(=O)N1C. The van der Waals surface area contributed by atoms with Gasteiger partial charge < -0.3 is 69.5 Å². The first-order valence-corrected chi connectivity index (χ1v) is 39.5. The second-order valence-corrected chi connectivity index (χ2v) is 32.8. The number of carbonyl (C=O) groups excluding carboxylic acids is 12. The highest BCUT2D eigenvalue weighted by atomic mass is 19.4. The number of fused-ring (bicyclic) bond motifs is 4. The third-order valence-corrected chi connectivity index (χ3v) is 24.5. The lowest BCUT2D eigenvalue weighted by Crippen LogP contribution is -2.68. The number of nitrogens with one attached hydrogen (secondary N) is 3. The molecule has 3 saturated heterocycles. The zero-order chi connectivity index (χ0) is 79.5. The van der Waals surface area contributed by atoms with Crippen LogP contribution >= 0.6 is 0 Å². The maximum Gasteiger partial charge on any atom is 0.397 e. The molecule has 0 aromatic carbocycles. The number of likely N-dealkylation sites (N-methyl/N-ethyl adjacent to an activating group) is 6. The average molecular weight is 1530 g/mol. The Morgan fingerprint density at radius 3 is 1.85 bits per heavy atom. The Hall–Kier alpha value is -7.05. The first-order valence-electron chi connectivity index (χ1n) is 39.5. The van der Waals surface area contributed by atoms with E-state index >= 15 is 47.1 Å². The summed E-state index contributed by atoms with van der Waals surface area (Å²) in [5, 5.41) is 8.64. The Labute approximate surface area is 633 Å². The summed E-state index contributed by atoms with van der Waals surface area (Å²) in [5.74, 6) is -12.7. The summed E-state index contributed by atoms with van der Waals surface area (Å²) in [6, 6.07) is -11.9. The number of ether oxygens (including phenoxy) is 2. The van der Waals surface area contributed by atoms with Crippen LogP contribution in [0.25, 0.3) is 0 Å². The second-order valence-electron chi connectivity index (χ2n) is 32.8. The minimum atomic E-state index is -5.18. The number of rotatable bonds is 14. The third kappa shape index (κ3) is 20.4. The van der Waals surface area contributed by atoms with Crippen molar-refractivity contribution in [2.45, 2.75) is 279 Å². The van der Waals surface area contributed by atoms with E-state index in [1.165, 1.54) is 90.7 Å². The zero-order valence-electron chi connectivity index (χ0n) is 65.8. The molecule has 7 fully saturated rings. The summed E-state index contributed by atoms with van der Waals surface area (Å²) >= 11 is 0. The predicted molar refractivity (Wildman–Crippen MR) is 389 cm³/mol. The van der Waals surface area contributed by atoms with Crippen LogP contribution in [0.3, 0.4) is 0 Å². The van der Waals surface area contributed by atoms with Gasteiger partial charge >= 0.3 is 6.18 Å². The molecule has 4 heterocycles. The highest BCUT2D eigenvalue weighted by molar-refractivity contribution is 6.01. The molecule has 31 heteroatoms. The van der Waals surface area contributed by atoms with Crippen molar-refractivity contribution in [2.24, 2.45) is 35.5 Å². The summed E-state index contributed by atoms with van der Waals surface area (Å²) in [7, 11) is 11.4. The first kappa shape index (κ1) is 86.5. The smallest absolute Gasteiger partial charge is 0.380 e. The van der Waals surface area contributed by atoms with Crippen LogP contribution in [0.2, 0.25) is 0 Å². The molecule has 3 N–H and O–H groups in total. The molecule has 12 amide bonds. The van der Waals surface area contributed by atoms with Gasteiger partial charge in [0.1, 0.15) is 78.2 Å². The van der Waals surface area contributed by atoms with E-state index in [2.05, 4.69) is 22.9 Å². The summed E-state index contributed by atoms with van der Waals surface area (Å²) < 4.78 is 84.9. The normalized spacial score (nSPS) is 33.4. The molecule has 8 aliphatic rings. The van der Waals surface area contributed by atoms with E-state index in [9.17, 15) is 32.3 Å². The second kappa shape index (κ2) is 37.8. The van der Waals surface area contributed by atoms with Crippen molar-refractivity contribution >= 4 is 70.9 Å². The average Bonchev–Trinajstić information content (AvgIpc) is 1.07. The van der Waals surface area contributed by atoms with Gasteiger partial charge in [0.05, 0.1) is 25.2 Å². The van der Waals surface area contributed by atoms with Crippen LogP contribution in [-0.4, -0.2) is 295 Å². The van der Waals surface area contributed by atoms with Gasteiger partial charge in [-0.1, -0.05) is 84.8 Å². The number of methoxy groups -OCH3 is 1. The van der Waals surface area contributed by atoms with E-state index in [0.29, 0.717) is 50.9 Å². The van der Waals surface area contributed by atoms with Crippen LogP contribution < -0.4 is 16.0 Å². The molecule has 4 aliphatic carbocycles. The molecule has 8 rings (SSSR count). The van der Waals surface area contributed by atoms with Crippen molar-refractivity contribution in [3.05, 3.63) is 12.2 Å². The lowest BCUT2D eigenvalue weighted by Gasteiger charge is -2.46. The molecule has 2 bridgehead atoms. The Bertz CT molecular complexity index is 3230. The van der Waals surface area contributed by atoms with Crippen LogP contribution in [0.15, 0.2) is 12.2 Å². The Morgan fingerprint density at radius 2 is 1.27 bits per heavy atom. The van der Waals surface area contributed by atoms with Crippen molar-refractivity contribution in [3.63, 3.8) is 0 Å². The highest BCUT2D eigenvalue weighted by Gasteiger charge is 2.56.